The first kappa shape index (κ1) is 15.9. The first-order chi connectivity index (χ1) is 9.93. The number of thiocarbonyl (C=S) groups is 1. The minimum absolute atomic E-state index is 0.0437. The maximum Gasteiger partial charge on any atom is 0.266 e. The average Bonchev–Trinajstić information content (AvgIpc) is 2.68. The van der Waals surface area contributed by atoms with Crippen molar-refractivity contribution in [3.63, 3.8) is 0 Å². The van der Waals surface area contributed by atoms with Gasteiger partial charge in [-0.25, -0.2) is 0 Å². The summed E-state index contributed by atoms with van der Waals surface area (Å²) < 4.78 is 5.92. The number of aromatic hydroxyl groups is 1. The zero-order chi connectivity index (χ0) is 15.6. The van der Waals surface area contributed by atoms with Crippen molar-refractivity contribution in [1.29, 1.82) is 0 Å². The van der Waals surface area contributed by atoms with Crippen molar-refractivity contribution in [3.05, 3.63) is 28.7 Å². The Hall–Kier alpha value is -1.53. The molecule has 1 fully saturated rings. The number of carbonyl (C=O) groups excluding carboxylic acids is 1. The Labute approximate surface area is 133 Å². The predicted octanol–water partition coefficient (Wildman–Crippen LogP) is 3.40. The van der Waals surface area contributed by atoms with Gasteiger partial charge in [-0.2, -0.15) is 0 Å². The molecule has 0 atom stereocenters. The number of rotatable bonds is 4. The van der Waals surface area contributed by atoms with Crippen LogP contribution < -0.4 is 4.74 Å². The van der Waals surface area contributed by atoms with E-state index in [1.54, 1.807) is 29.2 Å². The minimum atomic E-state index is -0.0777. The molecule has 2 rings (SSSR count). The highest BCUT2D eigenvalue weighted by atomic mass is 32.2. The molecular weight excluding hydrogens is 306 g/mol. The first-order valence-corrected chi connectivity index (χ1v) is 7.89. The van der Waals surface area contributed by atoms with Gasteiger partial charge < -0.3 is 9.84 Å². The van der Waals surface area contributed by atoms with E-state index in [1.807, 2.05) is 20.8 Å². The third-order valence-corrected chi connectivity index (χ3v) is 4.25. The van der Waals surface area contributed by atoms with E-state index in [1.165, 1.54) is 11.8 Å². The molecule has 0 radical (unpaired) electrons. The number of thioether (sulfide) groups is 1. The van der Waals surface area contributed by atoms with Crippen molar-refractivity contribution in [2.45, 2.75) is 26.8 Å². The third-order valence-electron chi connectivity index (χ3n) is 2.92. The van der Waals surface area contributed by atoms with Crippen LogP contribution >= 0.6 is 24.0 Å². The highest BCUT2D eigenvalue weighted by molar-refractivity contribution is 8.26. The lowest BCUT2D eigenvalue weighted by Crippen LogP contribution is -2.34. The standard InChI is InChI=1S/C15H17NO3S2/c1-4-19-12-7-10(5-6-11(12)17)8-13-14(18)16(9(2)3)15(20)21-13/h5-9,17H,4H2,1-3H3. The molecule has 0 aromatic heterocycles. The van der Waals surface area contributed by atoms with E-state index in [0.29, 0.717) is 21.6 Å². The molecule has 0 bridgehead atoms. The number of benzene rings is 1. The van der Waals surface area contributed by atoms with E-state index in [4.69, 9.17) is 17.0 Å². The fourth-order valence-electron chi connectivity index (χ4n) is 1.97. The Kier molecular flexibility index (Phi) is 4.90. The maximum absolute atomic E-state index is 12.3. The van der Waals surface area contributed by atoms with Gasteiger partial charge in [0.25, 0.3) is 5.91 Å². The first-order valence-electron chi connectivity index (χ1n) is 6.67. The van der Waals surface area contributed by atoms with Gasteiger partial charge in [-0.1, -0.05) is 30.0 Å². The second-order valence-corrected chi connectivity index (χ2v) is 6.48. The molecule has 1 heterocycles. The van der Waals surface area contributed by atoms with E-state index in [0.717, 1.165) is 5.56 Å². The highest BCUT2D eigenvalue weighted by Gasteiger charge is 2.33. The van der Waals surface area contributed by atoms with Gasteiger partial charge in [0.15, 0.2) is 11.5 Å². The van der Waals surface area contributed by atoms with Crippen LogP contribution in [0.2, 0.25) is 0 Å². The fraction of sp³-hybridized carbons (Fsp3) is 0.333. The molecule has 1 amide bonds. The van der Waals surface area contributed by atoms with E-state index >= 15 is 0 Å². The lowest BCUT2D eigenvalue weighted by atomic mass is 10.2. The topological polar surface area (TPSA) is 49.8 Å². The van der Waals surface area contributed by atoms with Crippen molar-refractivity contribution in [1.82, 2.24) is 4.90 Å². The number of phenolic OH excluding ortho intramolecular Hbond substituents is 1. The van der Waals surface area contributed by atoms with Gasteiger partial charge in [0, 0.05) is 6.04 Å². The van der Waals surface area contributed by atoms with Gasteiger partial charge >= 0.3 is 0 Å². The summed E-state index contributed by atoms with van der Waals surface area (Å²) in [5.41, 5.74) is 0.792. The molecule has 21 heavy (non-hydrogen) atoms. The number of hydrogen-bond donors (Lipinski definition) is 1. The van der Waals surface area contributed by atoms with E-state index < -0.39 is 0 Å². The van der Waals surface area contributed by atoms with Gasteiger partial charge in [0.2, 0.25) is 0 Å². The molecule has 1 N–H and O–H groups in total. The molecule has 1 aliphatic heterocycles. The summed E-state index contributed by atoms with van der Waals surface area (Å²) in [7, 11) is 0. The monoisotopic (exact) mass is 323 g/mol. The average molecular weight is 323 g/mol. The summed E-state index contributed by atoms with van der Waals surface area (Å²) in [5.74, 6) is 0.417. The van der Waals surface area contributed by atoms with Crippen LogP contribution in [0, 0.1) is 0 Å². The molecule has 1 aliphatic rings. The van der Waals surface area contributed by atoms with Crippen LogP contribution in [-0.4, -0.2) is 32.9 Å². The zero-order valence-corrected chi connectivity index (χ0v) is 13.8. The quantitative estimate of drug-likeness (QED) is 0.680. The Morgan fingerprint density at radius 1 is 1.48 bits per heavy atom. The molecule has 0 aliphatic carbocycles. The Bertz CT molecular complexity index is 611. The number of nitrogens with zero attached hydrogens (tertiary/aromatic N) is 1. The summed E-state index contributed by atoms with van der Waals surface area (Å²) in [6, 6.07) is 5.04. The molecular formula is C15H17NO3S2. The molecule has 4 nitrogen and oxygen atoms in total. The van der Waals surface area contributed by atoms with Crippen molar-refractivity contribution in [3.8, 4) is 11.5 Å². The normalized spacial score (nSPS) is 17.1. The summed E-state index contributed by atoms with van der Waals surface area (Å²) in [6.45, 7) is 6.18. The smallest absolute Gasteiger partial charge is 0.266 e. The number of amides is 1. The Balaban J connectivity index is 2.30. The molecule has 1 aromatic rings. The molecule has 112 valence electrons. The van der Waals surface area contributed by atoms with E-state index in [9.17, 15) is 9.90 Å². The fourth-order valence-corrected chi connectivity index (χ4v) is 3.49. The van der Waals surface area contributed by atoms with Gasteiger partial charge in [0.05, 0.1) is 11.5 Å². The van der Waals surface area contributed by atoms with Gasteiger partial charge in [-0.15, -0.1) is 0 Å². The Morgan fingerprint density at radius 3 is 2.76 bits per heavy atom. The second kappa shape index (κ2) is 6.49. The predicted molar refractivity (Wildman–Crippen MR) is 89.4 cm³/mol. The zero-order valence-electron chi connectivity index (χ0n) is 12.1. The summed E-state index contributed by atoms with van der Waals surface area (Å²) in [5, 5.41) is 9.69. The lowest BCUT2D eigenvalue weighted by Gasteiger charge is -2.18. The highest BCUT2D eigenvalue weighted by Crippen LogP contribution is 2.35. The van der Waals surface area contributed by atoms with Crippen LogP contribution in [0.4, 0.5) is 0 Å². The largest absolute Gasteiger partial charge is 0.504 e. The number of ether oxygens (including phenoxy) is 1. The lowest BCUT2D eigenvalue weighted by molar-refractivity contribution is -0.123. The summed E-state index contributed by atoms with van der Waals surface area (Å²) in [6.07, 6.45) is 1.77. The van der Waals surface area contributed by atoms with Crippen molar-refractivity contribution >= 4 is 40.3 Å². The van der Waals surface area contributed by atoms with Gasteiger partial charge in [-0.05, 0) is 44.5 Å². The second-order valence-electron chi connectivity index (χ2n) is 4.81. The maximum atomic E-state index is 12.3. The number of phenols is 1. The number of hydrogen-bond acceptors (Lipinski definition) is 5. The molecule has 1 saturated heterocycles. The van der Waals surface area contributed by atoms with Gasteiger partial charge in [-0.3, -0.25) is 9.69 Å². The molecule has 1 aromatic carbocycles. The van der Waals surface area contributed by atoms with Crippen LogP contribution in [0.15, 0.2) is 23.1 Å². The molecule has 6 heteroatoms. The van der Waals surface area contributed by atoms with Gasteiger partial charge in [0.1, 0.15) is 4.32 Å². The van der Waals surface area contributed by atoms with Crippen LogP contribution in [0.25, 0.3) is 6.08 Å². The van der Waals surface area contributed by atoms with Crippen LogP contribution in [-0.2, 0) is 4.79 Å². The SMILES string of the molecule is CCOc1cc(C=C2SC(=S)N(C(C)C)C2=O)ccc1O. The van der Waals surface area contributed by atoms with Crippen LogP contribution in [0.1, 0.15) is 26.3 Å². The molecule has 0 unspecified atom stereocenters. The molecule has 0 saturated carbocycles. The van der Waals surface area contributed by atoms with E-state index in [-0.39, 0.29) is 17.7 Å². The Morgan fingerprint density at radius 2 is 2.19 bits per heavy atom. The van der Waals surface area contributed by atoms with Crippen molar-refractivity contribution < 1.29 is 14.6 Å². The number of carbonyl (C=O) groups is 1. The van der Waals surface area contributed by atoms with Crippen LogP contribution in [0.5, 0.6) is 11.5 Å². The van der Waals surface area contributed by atoms with E-state index in [2.05, 4.69) is 0 Å². The summed E-state index contributed by atoms with van der Waals surface area (Å²) >= 11 is 6.53. The molecule has 0 spiro atoms. The van der Waals surface area contributed by atoms with Crippen LogP contribution in [0.3, 0.4) is 0 Å². The van der Waals surface area contributed by atoms with Crippen molar-refractivity contribution in [2.24, 2.45) is 0 Å². The third kappa shape index (κ3) is 3.39. The minimum Gasteiger partial charge on any atom is -0.504 e. The van der Waals surface area contributed by atoms with Crippen molar-refractivity contribution in [2.75, 3.05) is 6.61 Å². The summed E-state index contributed by atoms with van der Waals surface area (Å²) in [4.78, 5) is 14.5.